The Kier molecular flexibility index (Phi) is 5.20. The molecule has 2 aliphatic carbocycles. The van der Waals surface area contributed by atoms with Crippen molar-refractivity contribution in [1.82, 2.24) is 0 Å². The van der Waals surface area contributed by atoms with Crippen molar-refractivity contribution in [3.8, 4) is 11.1 Å². The summed E-state index contributed by atoms with van der Waals surface area (Å²) in [6.07, 6.45) is 4.09. The van der Waals surface area contributed by atoms with Crippen molar-refractivity contribution in [2.45, 2.75) is 18.8 Å². The molecule has 4 aromatic carbocycles. The molecule has 0 saturated heterocycles. The van der Waals surface area contributed by atoms with Crippen molar-refractivity contribution >= 4 is 17.6 Å². The van der Waals surface area contributed by atoms with Gasteiger partial charge in [-0.2, -0.15) is 0 Å². The van der Waals surface area contributed by atoms with Crippen LogP contribution in [0.4, 0.5) is 0 Å². The van der Waals surface area contributed by atoms with Gasteiger partial charge in [-0.05, 0) is 64.4 Å². The maximum Gasteiger partial charge on any atom is 0.343 e. The second kappa shape index (κ2) is 8.64. The largest absolute Gasteiger partial charge is 0.426 e. The van der Waals surface area contributed by atoms with Gasteiger partial charge in [0.25, 0.3) is 0 Å². The first-order valence-corrected chi connectivity index (χ1v) is 11.7. The van der Waals surface area contributed by atoms with Crippen LogP contribution in [0.3, 0.4) is 0 Å². The van der Waals surface area contributed by atoms with Crippen molar-refractivity contribution < 1.29 is 9.53 Å². The smallest absolute Gasteiger partial charge is 0.343 e. The highest BCUT2D eigenvalue weighted by molar-refractivity contribution is 5.92. The SMILES string of the molecule is O=C(OC1=C(c2ccccc2)CCC2=Cc3ccc(-c4ccccc4)cc3C21)c1ccccc1. The summed E-state index contributed by atoms with van der Waals surface area (Å²) in [7, 11) is 0. The Morgan fingerprint density at radius 1 is 0.676 bits per heavy atom. The van der Waals surface area contributed by atoms with E-state index in [0.717, 1.165) is 29.7 Å². The Morgan fingerprint density at radius 3 is 2.03 bits per heavy atom. The van der Waals surface area contributed by atoms with Gasteiger partial charge in [-0.1, -0.05) is 103 Å². The second-order valence-electron chi connectivity index (χ2n) is 8.83. The molecule has 0 aliphatic heterocycles. The number of carbonyl (C=O) groups excluding carboxylic acids is 1. The zero-order valence-corrected chi connectivity index (χ0v) is 18.8. The summed E-state index contributed by atoms with van der Waals surface area (Å²) < 4.78 is 6.26. The van der Waals surface area contributed by atoms with Gasteiger partial charge in [0.2, 0.25) is 0 Å². The highest BCUT2D eigenvalue weighted by Crippen LogP contribution is 2.51. The van der Waals surface area contributed by atoms with E-state index < -0.39 is 0 Å². The van der Waals surface area contributed by atoms with Crippen LogP contribution < -0.4 is 0 Å². The van der Waals surface area contributed by atoms with E-state index in [9.17, 15) is 4.79 Å². The summed E-state index contributed by atoms with van der Waals surface area (Å²) in [5, 5.41) is 0. The van der Waals surface area contributed by atoms with Crippen LogP contribution in [0.1, 0.15) is 45.8 Å². The molecule has 1 atom stereocenters. The van der Waals surface area contributed by atoms with Crippen LogP contribution in [0.2, 0.25) is 0 Å². The molecule has 0 amide bonds. The summed E-state index contributed by atoms with van der Waals surface area (Å²) in [6, 6.07) is 36.6. The number of allylic oxidation sites excluding steroid dienone is 2. The number of rotatable bonds is 4. The predicted molar refractivity (Wildman–Crippen MR) is 137 cm³/mol. The molecule has 2 heteroatoms. The molecule has 0 radical (unpaired) electrons. The first kappa shape index (κ1) is 20.4. The monoisotopic (exact) mass is 440 g/mol. The second-order valence-corrected chi connectivity index (χ2v) is 8.83. The average Bonchev–Trinajstić information content (AvgIpc) is 3.28. The number of benzene rings is 4. The molecule has 0 bridgehead atoms. The maximum absolute atomic E-state index is 13.2. The van der Waals surface area contributed by atoms with Gasteiger partial charge in [0.15, 0.2) is 0 Å². The van der Waals surface area contributed by atoms with Crippen molar-refractivity contribution in [3.63, 3.8) is 0 Å². The fraction of sp³-hybridized carbons (Fsp3) is 0.0938. The molecule has 2 nitrogen and oxygen atoms in total. The molecular formula is C32H24O2. The predicted octanol–water partition coefficient (Wildman–Crippen LogP) is 7.90. The molecule has 0 aromatic heterocycles. The van der Waals surface area contributed by atoms with Crippen molar-refractivity contribution in [2.24, 2.45) is 0 Å². The normalized spacial score (nSPS) is 16.5. The number of fused-ring (bicyclic) bond motifs is 3. The molecular weight excluding hydrogens is 416 g/mol. The number of esters is 1. The minimum Gasteiger partial charge on any atom is -0.426 e. The fourth-order valence-electron chi connectivity index (χ4n) is 5.12. The Labute approximate surface area is 199 Å². The van der Waals surface area contributed by atoms with E-state index >= 15 is 0 Å². The Morgan fingerprint density at radius 2 is 1.32 bits per heavy atom. The average molecular weight is 441 g/mol. The summed E-state index contributed by atoms with van der Waals surface area (Å²) in [5.41, 5.74) is 8.89. The molecule has 6 rings (SSSR count). The van der Waals surface area contributed by atoms with Crippen LogP contribution in [0.15, 0.2) is 121 Å². The number of ether oxygens (including phenoxy) is 1. The van der Waals surface area contributed by atoms with Gasteiger partial charge < -0.3 is 4.74 Å². The fourth-order valence-corrected chi connectivity index (χ4v) is 5.12. The highest BCUT2D eigenvalue weighted by Gasteiger charge is 2.36. The van der Waals surface area contributed by atoms with Crippen molar-refractivity contribution in [3.05, 3.63) is 143 Å². The first-order chi connectivity index (χ1) is 16.8. The lowest BCUT2D eigenvalue weighted by Gasteiger charge is -2.29. The van der Waals surface area contributed by atoms with Crippen LogP contribution in [-0.4, -0.2) is 5.97 Å². The molecule has 2 aliphatic rings. The van der Waals surface area contributed by atoms with Gasteiger partial charge in [-0.15, -0.1) is 0 Å². The van der Waals surface area contributed by atoms with Crippen LogP contribution >= 0.6 is 0 Å². The lowest BCUT2D eigenvalue weighted by atomic mass is 9.80. The third-order valence-corrected chi connectivity index (χ3v) is 6.77. The van der Waals surface area contributed by atoms with Gasteiger partial charge in [0, 0.05) is 0 Å². The molecule has 0 heterocycles. The molecule has 164 valence electrons. The minimum atomic E-state index is -0.307. The Hall–Kier alpha value is -4.17. The Bertz CT molecular complexity index is 1410. The number of hydrogen-bond acceptors (Lipinski definition) is 2. The van der Waals surface area contributed by atoms with Crippen LogP contribution in [0.5, 0.6) is 0 Å². The molecule has 34 heavy (non-hydrogen) atoms. The summed E-state index contributed by atoms with van der Waals surface area (Å²) in [6.45, 7) is 0. The van der Waals surface area contributed by atoms with Crippen LogP contribution in [0, 0.1) is 0 Å². The lowest BCUT2D eigenvalue weighted by Crippen LogP contribution is -2.17. The summed E-state index contributed by atoms with van der Waals surface area (Å²) in [4.78, 5) is 13.2. The van der Waals surface area contributed by atoms with E-state index in [2.05, 4.69) is 60.7 Å². The molecule has 1 unspecified atom stereocenters. The Balaban J connectivity index is 1.48. The van der Waals surface area contributed by atoms with Crippen LogP contribution in [-0.2, 0) is 4.74 Å². The van der Waals surface area contributed by atoms with E-state index in [0.29, 0.717) is 5.56 Å². The van der Waals surface area contributed by atoms with E-state index in [4.69, 9.17) is 4.74 Å². The quantitative estimate of drug-likeness (QED) is 0.302. The standard InChI is InChI=1S/C32H24O2/c33-32(24-14-8-3-9-15-24)34-31-28(23-12-6-2-7-13-23)19-18-27-20-26-17-16-25(21-29(26)30(27)31)22-10-4-1-5-11-22/h1-17,20-21,30H,18-19H2. The minimum absolute atomic E-state index is 0.0460. The van der Waals surface area contributed by atoms with Gasteiger partial charge in [0.1, 0.15) is 5.76 Å². The maximum atomic E-state index is 13.2. The molecule has 0 saturated carbocycles. The summed E-state index contributed by atoms with van der Waals surface area (Å²) in [5.74, 6) is 0.412. The molecule has 0 N–H and O–H groups in total. The zero-order valence-electron chi connectivity index (χ0n) is 18.8. The van der Waals surface area contributed by atoms with Crippen molar-refractivity contribution in [1.29, 1.82) is 0 Å². The van der Waals surface area contributed by atoms with Gasteiger partial charge in [0.05, 0.1) is 11.5 Å². The third kappa shape index (κ3) is 3.68. The van der Waals surface area contributed by atoms with Gasteiger partial charge in [-0.25, -0.2) is 4.79 Å². The van der Waals surface area contributed by atoms with E-state index in [-0.39, 0.29) is 11.9 Å². The molecule has 4 aromatic rings. The van der Waals surface area contributed by atoms with Crippen molar-refractivity contribution in [2.75, 3.05) is 0 Å². The van der Waals surface area contributed by atoms with Crippen LogP contribution in [0.25, 0.3) is 22.8 Å². The zero-order chi connectivity index (χ0) is 22.9. The first-order valence-electron chi connectivity index (χ1n) is 11.7. The number of carbonyl (C=O) groups is 1. The summed E-state index contributed by atoms with van der Waals surface area (Å²) >= 11 is 0. The highest BCUT2D eigenvalue weighted by atomic mass is 16.5. The van der Waals surface area contributed by atoms with E-state index in [1.165, 1.54) is 27.8 Å². The number of hydrogen-bond donors (Lipinski definition) is 0. The van der Waals surface area contributed by atoms with E-state index in [1.54, 1.807) is 12.1 Å². The van der Waals surface area contributed by atoms with Gasteiger partial charge in [-0.3, -0.25) is 0 Å². The third-order valence-electron chi connectivity index (χ3n) is 6.77. The van der Waals surface area contributed by atoms with Gasteiger partial charge >= 0.3 is 5.97 Å². The molecule has 0 spiro atoms. The topological polar surface area (TPSA) is 26.3 Å². The lowest BCUT2D eigenvalue weighted by molar-refractivity contribution is 0.0609. The van der Waals surface area contributed by atoms with E-state index in [1.807, 2.05) is 42.5 Å². The molecule has 0 fully saturated rings.